The monoisotopic (exact) mass is 579 g/mol. The van der Waals surface area contributed by atoms with E-state index in [0.29, 0.717) is 64.7 Å². The van der Waals surface area contributed by atoms with E-state index in [1.807, 2.05) is 30.3 Å². The highest BCUT2D eigenvalue weighted by Gasteiger charge is 2.29. The van der Waals surface area contributed by atoms with E-state index in [0.717, 1.165) is 22.3 Å². The van der Waals surface area contributed by atoms with Crippen LogP contribution >= 0.6 is 0 Å². The van der Waals surface area contributed by atoms with E-state index < -0.39 is 0 Å². The van der Waals surface area contributed by atoms with E-state index in [-0.39, 0.29) is 12.3 Å². The summed E-state index contributed by atoms with van der Waals surface area (Å²) in [6.07, 6.45) is 2.66. The molecule has 1 aliphatic heterocycles. The fourth-order valence-corrected chi connectivity index (χ4v) is 5.13. The first-order chi connectivity index (χ1) is 20.3. The number of ether oxygens (including phenoxy) is 8. The number of hydrogen-bond donors (Lipinski definition) is 0. The van der Waals surface area contributed by atoms with Gasteiger partial charge in [0.2, 0.25) is 17.4 Å². The zero-order valence-corrected chi connectivity index (χ0v) is 25.3. The Morgan fingerprint density at radius 1 is 0.643 bits per heavy atom. The molecule has 10 nitrogen and oxygen atoms in total. The van der Waals surface area contributed by atoms with E-state index in [1.54, 1.807) is 73.9 Å². The van der Waals surface area contributed by atoms with Crippen molar-refractivity contribution in [2.45, 2.75) is 12.8 Å². The Morgan fingerprint density at radius 3 is 1.60 bits per heavy atom. The quantitative estimate of drug-likeness (QED) is 0.315. The fourth-order valence-electron chi connectivity index (χ4n) is 5.13. The summed E-state index contributed by atoms with van der Waals surface area (Å²) in [5.74, 6) is 3.99. The molecule has 0 saturated carbocycles. The van der Waals surface area contributed by atoms with Crippen LogP contribution in [0.1, 0.15) is 22.3 Å². The van der Waals surface area contributed by atoms with Gasteiger partial charge in [0.15, 0.2) is 34.5 Å². The number of fused-ring (bicyclic) bond motifs is 1. The Kier molecular flexibility index (Phi) is 9.57. The van der Waals surface area contributed by atoms with E-state index >= 15 is 0 Å². The van der Waals surface area contributed by atoms with Gasteiger partial charge in [-0.25, -0.2) is 0 Å². The topological polar surface area (TPSA) is 94.2 Å². The second kappa shape index (κ2) is 13.3. The van der Waals surface area contributed by atoms with Crippen LogP contribution in [-0.4, -0.2) is 74.2 Å². The van der Waals surface area contributed by atoms with Gasteiger partial charge in [-0.1, -0.05) is 0 Å². The first-order valence-corrected chi connectivity index (χ1v) is 13.2. The second-order valence-electron chi connectivity index (χ2n) is 9.36. The Bertz CT molecular complexity index is 1430. The maximum Gasteiger partial charge on any atom is 0.231 e. The second-order valence-corrected chi connectivity index (χ2v) is 9.36. The molecule has 0 unspecified atom stereocenters. The zero-order chi connectivity index (χ0) is 30.4. The smallest absolute Gasteiger partial charge is 0.231 e. The molecule has 3 aromatic carbocycles. The van der Waals surface area contributed by atoms with Gasteiger partial charge in [0, 0.05) is 12.1 Å². The van der Waals surface area contributed by atoms with Gasteiger partial charge in [-0.05, 0) is 65.6 Å². The number of methoxy groups -OCH3 is 8. The van der Waals surface area contributed by atoms with Crippen molar-refractivity contribution in [3.8, 4) is 46.0 Å². The van der Waals surface area contributed by atoms with Crippen molar-refractivity contribution in [3.05, 3.63) is 58.7 Å². The summed E-state index contributed by atoms with van der Waals surface area (Å²) >= 11 is 0. The Hall–Kier alpha value is -4.73. The van der Waals surface area contributed by atoms with E-state index in [2.05, 4.69) is 0 Å². The van der Waals surface area contributed by atoms with E-state index in [9.17, 15) is 4.79 Å². The first kappa shape index (κ1) is 30.2. The summed E-state index contributed by atoms with van der Waals surface area (Å²) in [6, 6.07) is 11.1. The highest BCUT2D eigenvalue weighted by Crippen LogP contribution is 2.43. The van der Waals surface area contributed by atoms with Crippen LogP contribution in [0.15, 0.2) is 36.4 Å². The zero-order valence-electron chi connectivity index (χ0n) is 25.3. The molecular weight excluding hydrogens is 542 g/mol. The Morgan fingerprint density at radius 2 is 1.12 bits per heavy atom. The number of carbonyl (C=O) groups is 1. The van der Waals surface area contributed by atoms with Crippen LogP contribution in [-0.2, 0) is 17.6 Å². The van der Waals surface area contributed by atoms with Crippen molar-refractivity contribution in [2.24, 2.45) is 0 Å². The minimum absolute atomic E-state index is 0.103. The Balaban J connectivity index is 1.84. The summed E-state index contributed by atoms with van der Waals surface area (Å²) < 4.78 is 44.3. The molecule has 0 radical (unpaired) electrons. The van der Waals surface area contributed by atoms with Gasteiger partial charge < -0.3 is 42.8 Å². The van der Waals surface area contributed by atoms with Crippen LogP contribution in [0, 0.1) is 0 Å². The van der Waals surface area contributed by atoms with Gasteiger partial charge in [-0.2, -0.15) is 0 Å². The van der Waals surface area contributed by atoms with Crippen molar-refractivity contribution in [1.82, 2.24) is 4.90 Å². The predicted molar refractivity (Wildman–Crippen MR) is 159 cm³/mol. The summed E-state index contributed by atoms with van der Waals surface area (Å²) in [4.78, 5) is 15.8. The summed E-state index contributed by atoms with van der Waals surface area (Å²) in [5.41, 5.74) is 4.06. The molecule has 0 N–H and O–H groups in total. The van der Waals surface area contributed by atoms with Crippen LogP contribution in [0.25, 0.3) is 11.8 Å². The molecule has 4 rings (SSSR count). The molecule has 0 spiro atoms. The third-order valence-corrected chi connectivity index (χ3v) is 7.15. The minimum Gasteiger partial charge on any atom is -0.493 e. The molecule has 10 heteroatoms. The average Bonchev–Trinajstić information content (AvgIpc) is 3.02. The molecular formula is C32H37NO9. The van der Waals surface area contributed by atoms with Gasteiger partial charge in [0.25, 0.3) is 0 Å². The van der Waals surface area contributed by atoms with Crippen molar-refractivity contribution in [2.75, 3.05) is 63.4 Å². The Labute approximate surface area is 246 Å². The molecule has 224 valence electrons. The lowest BCUT2D eigenvalue weighted by atomic mass is 9.93. The molecule has 0 bridgehead atoms. The molecule has 1 aliphatic rings. The number of rotatable bonds is 11. The minimum atomic E-state index is -0.108. The number of amides is 1. The molecule has 0 aliphatic carbocycles. The lowest BCUT2D eigenvalue weighted by Crippen LogP contribution is -2.36. The van der Waals surface area contributed by atoms with E-state index in [4.69, 9.17) is 37.9 Å². The molecule has 0 fully saturated rings. The highest BCUT2D eigenvalue weighted by molar-refractivity contribution is 5.95. The van der Waals surface area contributed by atoms with Crippen molar-refractivity contribution < 1.29 is 42.7 Å². The molecule has 3 aromatic rings. The highest BCUT2D eigenvalue weighted by atomic mass is 16.5. The van der Waals surface area contributed by atoms with Gasteiger partial charge in [0.1, 0.15) is 0 Å². The van der Waals surface area contributed by atoms with Crippen LogP contribution in [0.4, 0.5) is 0 Å². The van der Waals surface area contributed by atoms with Crippen molar-refractivity contribution >= 4 is 17.7 Å². The largest absolute Gasteiger partial charge is 0.493 e. The molecule has 1 heterocycles. The van der Waals surface area contributed by atoms with Crippen molar-refractivity contribution in [3.63, 3.8) is 0 Å². The molecule has 1 amide bonds. The fraction of sp³-hybridized carbons (Fsp3) is 0.344. The van der Waals surface area contributed by atoms with Gasteiger partial charge >= 0.3 is 0 Å². The lowest BCUT2D eigenvalue weighted by Gasteiger charge is -2.33. The predicted octanol–water partition coefficient (Wildman–Crippen LogP) is 4.88. The standard InChI is InChI=1S/C32H37NO9/c1-35-24-17-21-9-10-33(30(34)16-20-14-28(39-5)32(42-8)29(15-20)40-6)23(22(21)18-25(24)36-2)11-19-12-26(37-3)31(41-7)27(13-19)38-4/h11-15,17-18H,9-10,16H2,1-8H3. The summed E-state index contributed by atoms with van der Waals surface area (Å²) in [6.45, 7) is 0.460. The number of benzene rings is 3. The van der Waals surface area contributed by atoms with Crippen molar-refractivity contribution in [1.29, 1.82) is 0 Å². The van der Waals surface area contributed by atoms with E-state index in [1.165, 1.54) is 0 Å². The lowest BCUT2D eigenvalue weighted by molar-refractivity contribution is -0.127. The summed E-state index contributed by atoms with van der Waals surface area (Å²) in [7, 11) is 12.5. The van der Waals surface area contributed by atoms with Crippen LogP contribution in [0.5, 0.6) is 46.0 Å². The van der Waals surface area contributed by atoms with Gasteiger partial charge in [0.05, 0.1) is 69.0 Å². The van der Waals surface area contributed by atoms with Crippen LogP contribution < -0.4 is 37.9 Å². The molecule has 0 saturated heterocycles. The third kappa shape index (κ3) is 5.83. The maximum absolute atomic E-state index is 14.0. The first-order valence-electron chi connectivity index (χ1n) is 13.2. The molecule has 42 heavy (non-hydrogen) atoms. The number of nitrogens with zero attached hydrogens (tertiary/aromatic N) is 1. The molecule has 0 atom stereocenters. The maximum atomic E-state index is 14.0. The normalized spacial score (nSPS) is 13.2. The van der Waals surface area contributed by atoms with Crippen LogP contribution in [0.3, 0.4) is 0 Å². The number of carbonyl (C=O) groups excluding carboxylic acids is 1. The summed E-state index contributed by atoms with van der Waals surface area (Å²) in [5, 5.41) is 0. The molecule has 0 aromatic heterocycles. The van der Waals surface area contributed by atoms with Crippen LogP contribution in [0.2, 0.25) is 0 Å². The van der Waals surface area contributed by atoms with Gasteiger partial charge in [-0.3, -0.25) is 4.79 Å². The average molecular weight is 580 g/mol. The van der Waals surface area contributed by atoms with Gasteiger partial charge in [-0.15, -0.1) is 0 Å². The number of hydrogen-bond acceptors (Lipinski definition) is 9. The third-order valence-electron chi connectivity index (χ3n) is 7.15. The SMILES string of the molecule is COc1cc2c(cc1OC)C(=Cc1cc(OC)c(OC)c(OC)c1)N(C(=O)Cc1cc(OC)c(OC)c(OC)c1)CC2.